The highest BCUT2D eigenvalue weighted by molar-refractivity contribution is 5.81. The monoisotopic (exact) mass is 401 g/mol. The average Bonchev–Trinajstić information content (AvgIpc) is 3.19. The third-order valence-electron chi connectivity index (χ3n) is 5.33. The number of methoxy groups -OCH3 is 2. The molecule has 1 fully saturated rings. The molecule has 29 heavy (non-hydrogen) atoms. The van der Waals surface area contributed by atoms with E-state index in [1.54, 1.807) is 14.2 Å². The van der Waals surface area contributed by atoms with Crippen LogP contribution >= 0.6 is 0 Å². The Labute approximate surface area is 172 Å². The number of nitrogens with zero attached hydrogens (tertiary/aromatic N) is 3. The van der Waals surface area contributed by atoms with Crippen LogP contribution in [0.15, 0.2) is 22.7 Å². The predicted octanol–water partition coefficient (Wildman–Crippen LogP) is 4.46. The van der Waals surface area contributed by atoms with Crippen molar-refractivity contribution in [3.05, 3.63) is 24.1 Å². The number of benzene rings is 1. The van der Waals surface area contributed by atoms with Crippen LogP contribution in [0.4, 0.5) is 0 Å². The number of rotatable bonds is 6. The molecule has 2 aromatic rings. The molecule has 0 N–H and O–H groups in total. The Morgan fingerprint density at radius 2 is 1.83 bits per heavy atom. The molecular formula is C22H31N3O4. The molecule has 1 aromatic heterocycles. The van der Waals surface area contributed by atoms with Gasteiger partial charge in [-0.15, -0.1) is 0 Å². The van der Waals surface area contributed by atoms with Crippen LogP contribution in [-0.2, 0) is 11.3 Å². The lowest BCUT2D eigenvalue weighted by molar-refractivity contribution is -0.143. The first kappa shape index (κ1) is 21.1. The SMILES string of the molecule is COc1ccc(-c2noc(CN(C(=O)C(C)(C)C)C3CCCCC3)n2)cc1OC. The van der Waals surface area contributed by atoms with Crippen LogP contribution in [0.5, 0.6) is 11.5 Å². The fourth-order valence-corrected chi connectivity index (χ4v) is 3.75. The molecule has 0 spiro atoms. The van der Waals surface area contributed by atoms with Gasteiger partial charge in [0, 0.05) is 17.0 Å². The van der Waals surface area contributed by atoms with Crippen LogP contribution in [0.1, 0.15) is 58.8 Å². The number of hydrogen-bond acceptors (Lipinski definition) is 6. The second kappa shape index (κ2) is 8.84. The Kier molecular flexibility index (Phi) is 6.45. The van der Waals surface area contributed by atoms with Gasteiger partial charge in [-0.2, -0.15) is 4.98 Å². The van der Waals surface area contributed by atoms with Crippen LogP contribution in [0.25, 0.3) is 11.4 Å². The average molecular weight is 402 g/mol. The number of aromatic nitrogens is 2. The van der Waals surface area contributed by atoms with Gasteiger partial charge in [0.25, 0.3) is 0 Å². The van der Waals surface area contributed by atoms with Crippen molar-refractivity contribution in [3.8, 4) is 22.9 Å². The Bertz CT molecular complexity index is 835. The van der Waals surface area contributed by atoms with Gasteiger partial charge in [-0.05, 0) is 31.0 Å². The van der Waals surface area contributed by atoms with E-state index in [-0.39, 0.29) is 11.9 Å². The minimum Gasteiger partial charge on any atom is -0.493 e. The number of hydrogen-bond donors (Lipinski definition) is 0. The largest absolute Gasteiger partial charge is 0.493 e. The van der Waals surface area contributed by atoms with Crippen molar-refractivity contribution >= 4 is 5.91 Å². The van der Waals surface area contributed by atoms with Crippen LogP contribution < -0.4 is 9.47 Å². The molecule has 3 rings (SSSR count). The van der Waals surface area contributed by atoms with Crippen LogP contribution in [-0.4, -0.2) is 41.2 Å². The summed E-state index contributed by atoms with van der Waals surface area (Å²) in [5.74, 6) is 2.27. The summed E-state index contributed by atoms with van der Waals surface area (Å²) in [6.07, 6.45) is 5.59. The molecule has 1 aliphatic rings. The van der Waals surface area contributed by atoms with Crippen molar-refractivity contribution in [2.45, 2.75) is 65.5 Å². The van der Waals surface area contributed by atoms with Crippen LogP contribution in [0, 0.1) is 5.41 Å². The molecule has 0 saturated heterocycles. The van der Waals surface area contributed by atoms with Crippen LogP contribution in [0.3, 0.4) is 0 Å². The van der Waals surface area contributed by atoms with Gasteiger partial charge in [0.05, 0.1) is 14.2 Å². The van der Waals surface area contributed by atoms with Gasteiger partial charge >= 0.3 is 0 Å². The molecule has 7 nitrogen and oxygen atoms in total. The second-order valence-electron chi connectivity index (χ2n) is 8.56. The summed E-state index contributed by atoms with van der Waals surface area (Å²) in [4.78, 5) is 19.6. The second-order valence-corrected chi connectivity index (χ2v) is 8.56. The minimum absolute atomic E-state index is 0.121. The Morgan fingerprint density at radius 1 is 1.14 bits per heavy atom. The first-order chi connectivity index (χ1) is 13.8. The van der Waals surface area contributed by atoms with Gasteiger partial charge < -0.3 is 18.9 Å². The molecule has 0 radical (unpaired) electrons. The number of amides is 1. The van der Waals surface area contributed by atoms with Crippen molar-refractivity contribution in [3.63, 3.8) is 0 Å². The summed E-state index contributed by atoms with van der Waals surface area (Å²) < 4.78 is 16.1. The highest BCUT2D eigenvalue weighted by Crippen LogP contribution is 2.32. The molecule has 0 unspecified atom stereocenters. The summed E-state index contributed by atoms with van der Waals surface area (Å²) in [7, 11) is 3.18. The highest BCUT2D eigenvalue weighted by Gasteiger charge is 2.33. The Hall–Kier alpha value is -2.57. The molecule has 7 heteroatoms. The fourth-order valence-electron chi connectivity index (χ4n) is 3.75. The first-order valence-electron chi connectivity index (χ1n) is 10.2. The van der Waals surface area contributed by atoms with Gasteiger partial charge in [0.1, 0.15) is 6.54 Å². The van der Waals surface area contributed by atoms with Crippen molar-refractivity contribution < 1.29 is 18.8 Å². The predicted molar refractivity (Wildman–Crippen MR) is 110 cm³/mol. The van der Waals surface area contributed by atoms with Crippen molar-refractivity contribution in [1.82, 2.24) is 15.0 Å². The summed E-state index contributed by atoms with van der Waals surface area (Å²) in [6, 6.07) is 5.70. The van der Waals surface area contributed by atoms with Gasteiger partial charge in [-0.3, -0.25) is 4.79 Å². The third-order valence-corrected chi connectivity index (χ3v) is 5.33. The van der Waals surface area contributed by atoms with Crippen molar-refractivity contribution in [1.29, 1.82) is 0 Å². The number of ether oxygens (including phenoxy) is 2. The summed E-state index contributed by atoms with van der Waals surface area (Å²) >= 11 is 0. The van der Waals surface area contributed by atoms with Crippen LogP contribution in [0.2, 0.25) is 0 Å². The van der Waals surface area contributed by atoms with Crippen molar-refractivity contribution in [2.75, 3.05) is 14.2 Å². The summed E-state index contributed by atoms with van der Waals surface area (Å²) in [5, 5.41) is 4.12. The molecule has 1 saturated carbocycles. The molecule has 0 atom stereocenters. The van der Waals surface area contributed by atoms with Gasteiger partial charge in [-0.1, -0.05) is 45.2 Å². The zero-order valence-corrected chi connectivity index (χ0v) is 18.0. The molecular weight excluding hydrogens is 370 g/mol. The number of carbonyl (C=O) groups excluding carboxylic acids is 1. The topological polar surface area (TPSA) is 77.7 Å². The fraction of sp³-hybridized carbons (Fsp3) is 0.591. The third kappa shape index (κ3) is 4.89. The molecule has 1 heterocycles. The lowest BCUT2D eigenvalue weighted by Crippen LogP contribution is -2.46. The van der Waals surface area contributed by atoms with Gasteiger partial charge in [0.2, 0.25) is 17.6 Å². The first-order valence-corrected chi connectivity index (χ1v) is 10.2. The molecule has 1 aromatic carbocycles. The minimum atomic E-state index is -0.455. The maximum absolute atomic E-state index is 13.1. The lowest BCUT2D eigenvalue weighted by Gasteiger charge is -2.37. The highest BCUT2D eigenvalue weighted by atomic mass is 16.5. The zero-order chi connectivity index (χ0) is 21.0. The van der Waals surface area contributed by atoms with E-state index in [1.807, 2.05) is 43.9 Å². The maximum Gasteiger partial charge on any atom is 0.246 e. The lowest BCUT2D eigenvalue weighted by atomic mass is 9.89. The Morgan fingerprint density at radius 3 is 2.45 bits per heavy atom. The molecule has 158 valence electrons. The summed E-state index contributed by atoms with van der Waals surface area (Å²) in [6.45, 7) is 6.19. The van der Waals surface area contributed by atoms with E-state index >= 15 is 0 Å². The normalized spacial score (nSPS) is 15.2. The van der Waals surface area contributed by atoms with Gasteiger partial charge in [0.15, 0.2) is 11.5 Å². The van der Waals surface area contributed by atoms with E-state index in [4.69, 9.17) is 14.0 Å². The van der Waals surface area contributed by atoms with E-state index < -0.39 is 5.41 Å². The van der Waals surface area contributed by atoms with E-state index in [9.17, 15) is 4.79 Å². The number of carbonyl (C=O) groups is 1. The van der Waals surface area contributed by atoms with Crippen molar-refractivity contribution in [2.24, 2.45) is 5.41 Å². The van der Waals surface area contributed by atoms with E-state index in [1.165, 1.54) is 6.42 Å². The molecule has 0 aliphatic heterocycles. The Balaban J connectivity index is 1.83. The van der Waals surface area contributed by atoms with Gasteiger partial charge in [-0.25, -0.2) is 0 Å². The van der Waals surface area contributed by atoms with E-state index in [2.05, 4.69) is 10.1 Å². The zero-order valence-electron chi connectivity index (χ0n) is 18.0. The molecule has 0 bridgehead atoms. The molecule has 1 amide bonds. The smallest absolute Gasteiger partial charge is 0.246 e. The standard InChI is InChI=1S/C22H31N3O4/c1-22(2,3)21(26)25(16-9-7-6-8-10-16)14-19-23-20(24-29-19)15-11-12-17(27-4)18(13-15)28-5/h11-13,16H,6-10,14H2,1-5H3. The van der Waals surface area contributed by atoms with E-state index in [0.717, 1.165) is 31.2 Å². The maximum atomic E-state index is 13.1. The molecule has 1 aliphatic carbocycles. The summed E-state index contributed by atoms with van der Waals surface area (Å²) in [5.41, 5.74) is 0.313. The quantitative estimate of drug-likeness (QED) is 0.711. The van der Waals surface area contributed by atoms with E-state index in [0.29, 0.717) is 29.8 Å².